The molecule has 3 nitrogen and oxygen atoms in total. The van der Waals surface area contributed by atoms with Crippen molar-refractivity contribution in [1.29, 1.82) is 0 Å². The predicted octanol–water partition coefficient (Wildman–Crippen LogP) is 3.58. The Labute approximate surface area is 109 Å². The molecular formula is C15H22O3. The van der Waals surface area contributed by atoms with Crippen molar-refractivity contribution in [1.82, 2.24) is 0 Å². The standard InChI is InChI=1S/C15H22O3/c1-3-6-13-8-9-14(12(2)11-13)18-10-5-4-7-15(16)17/h8-9,11H,3-7,10H2,1-2H3,(H,16,17). The first kappa shape index (κ1) is 14.6. The van der Waals surface area contributed by atoms with Gasteiger partial charge in [-0.2, -0.15) is 0 Å². The molecule has 0 aromatic heterocycles. The smallest absolute Gasteiger partial charge is 0.303 e. The molecule has 0 aliphatic heterocycles. The van der Waals surface area contributed by atoms with E-state index >= 15 is 0 Å². The van der Waals surface area contributed by atoms with Gasteiger partial charge in [-0.25, -0.2) is 0 Å². The quantitative estimate of drug-likeness (QED) is 0.717. The van der Waals surface area contributed by atoms with Crippen LogP contribution in [-0.4, -0.2) is 17.7 Å². The number of aryl methyl sites for hydroxylation is 2. The molecule has 0 heterocycles. The second-order valence-electron chi connectivity index (χ2n) is 4.55. The molecule has 0 unspecified atom stereocenters. The van der Waals surface area contributed by atoms with Crippen LogP contribution in [0, 0.1) is 6.92 Å². The topological polar surface area (TPSA) is 46.5 Å². The fourth-order valence-electron chi connectivity index (χ4n) is 1.88. The van der Waals surface area contributed by atoms with Gasteiger partial charge in [-0.15, -0.1) is 0 Å². The van der Waals surface area contributed by atoms with Crippen molar-refractivity contribution in [2.75, 3.05) is 6.61 Å². The number of benzene rings is 1. The zero-order valence-corrected chi connectivity index (χ0v) is 11.2. The molecular weight excluding hydrogens is 228 g/mol. The number of rotatable bonds is 8. The van der Waals surface area contributed by atoms with E-state index in [1.54, 1.807) is 0 Å². The van der Waals surface area contributed by atoms with Gasteiger partial charge < -0.3 is 9.84 Å². The molecule has 0 saturated heterocycles. The highest BCUT2D eigenvalue weighted by atomic mass is 16.5. The summed E-state index contributed by atoms with van der Waals surface area (Å²) in [6.07, 6.45) is 3.91. The van der Waals surface area contributed by atoms with Gasteiger partial charge in [-0.1, -0.05) is 25.5 Å². The van der Waals surface area contributed by atoms with Crippen molar-refractivity contribution in [2.24, 2.45) is 0 Å². The Balaban J connectivity index is 2.36. The van der Waals surface area contributed by atoms with Crippen LogP contribution in [0.15, 0.2) is 18.2 Å². The summed E-state index contributed by atoms with van der Waals surface area (Å²) in [5.41, 5.74) is 2.49. The molecule has 0 radical (unpaired) electrons. The van der Waals surface area contributed by atoms with Crippen LogP contribution in [0.4, 0.5) is 0 Å². The molecule has 100 valence electrons. The minimum absolute atomic E-state index is 0.220. The lowest BCUT2D eigenvalue weighted by Crippen LogP contribution is -2.01. The fraction of sp³-hybridized carbons (Fsp3) is 0.533. The Bertz CT molecular complexity index is 385. The number of carboxylic acids is 1. The number of carbonyl (C=O) groups is 1. The second-order valence-corrected chi connectivity index (χ2v) is 4.55. The molecule has 3 heteroatoms. The van der Waals surface area contributed by atoms with Crippen molar-refractivity contribution in [3.8, 4) is 5.75 Å². The molecule has 0 amide bonds. The maximum Gasteiger partial charge on any atom is 0.303 e. The number of aliphatic carboxylic acids is 1. The maximum atomic E-state index is 10.3. The molecule has 1 N–H and O–H groups in total. The summed E-state index contributed by atoms with van der Waals surface area (Å²) in [6, 6.07) is 6.27. The van der Waals surface area contributed by atoms with Gasteiger partial charge in [-0.3, -0.25) is 4.79 Å². The second kappa shape index (κ2) is 7.75. The largest absolute Gasteiger partial charge is 0.493 e. The summed E-state index contributed by atoms with van der Waals surface area (Å²) >= 11 is 0. The summed E-state index contributed by atoms with van der Waals surface area (Å²) in [6.45, 7) is 4.80. The van der Waals surface area contributed by atoms with Gasteiger partial charge in [0.15, 0.2) is 0 Å². The van der Waals surface area contributed by atoms with E-state index in [0.29, 0.717) is 13.0 Å². The summed E-state index contributed by atoms with van der Waals surface area (Å²) in [4.78, 5) is 10.3. The lowest BCUT2D eigenvalue weighted by atomic mass is 10.1. The summed E-state index contributed by atoms with van der Waals surface area (Å²) in [7, 11) is 0. The average molecular weight is 250 g/mol. The third-order valence-corrected chi connectivity index (χ3v) is 2.82. The molecule has 0 aliphatic carbocycles. The Morgan fingerprint density at radius 1 is 1.33 bits per heavy atom. The van der Waals surface area contributed by atoms with Gasteiger partial charge >= 0.3 is 5.97 Å². The van der Waals surface area contributed by atoms with Crippen LogP contribution in [0.3, 0.4) is 0 Å². The maximum absolute atomic E-state index is 10.3. The highest BCUT2D eigenvalue weighted by Gasteiger charge is 2.02. The van der Waals surface area contributed by atoms with Crippen molar-refractivity contribution in [3.05, 3.63) is 29.3 Å². The Morgan fingerprint density at radius 3 is 2.72 bits per heavy atom. The molecule has 18 heavy (non-hydrogen) atoms. The minimum Gasteiger partial charge on any atom is -0.493 e. The number of hydrogen-bond acceptors (Lipinski definition) is 2. The van der Waals surface area contributed by atoms with E-state index in [1.165, 1.54) is 5.56 Å². The average Bonchev–Trinajstić information content (AvgIpc) is 2.31. The van der Waals surface area contributed by atoms with Crippen LogP contribution >= 0.6 is 0 Å². The van der Waals surface area contributed by atoms with Crippen LogP contribution in [-0.2, 0) is 11.2 Å². The third kappa shape index (κ3) is 5.21. The lowest BCUT2D eigenvalue weighted by Gasteiger charge is -2.10. The Kier molecular flexibility index (Phi) is 6.26. The molecule has 1 aromatic rings. The Morgan fingerprint density at radius 2 is 2.11 bits per heavy atom. The molecule has 0 saturated carbocycles. The highest BCUT2D eigenvalue weighted by molar-refractivity contribution is 5.66. The van der Waals surface area contributed by atoms with E-state index in [2.05, 4.69) is 19.1 Å². The molecule has 0 atom stereocenters. The van der Waals surface area contributed by atoms with Crippen molar-refractivity contribution in [2.45, 2.75) is 46.0 Å². The monoisotopic (exact) mass is 250 g/mol. The van der Waals surface area contributed by atoms with Gasteiger partial charge in [0.05, 0.1) is 6.61 Å². The van der Waals surface area contributed by atoms with E-state index < -0.39 is 5.97 Å². The first-order chi connectivity index (χ1) is 8.63. The zero-order valence-electron chi connectivity index (χ0n) is 11.2. The summed E-state index contributed by atoms with van der Waals surface area (Å²) < 4.78 is 5.66. The number of ether oxygens (including phenoxy) is 1. The van der Waals surface area contributed by atoms with E-state index in [9.17, 15) is 4.79 Å². The van der Waals surface area contributed by atoms with Crippen molar-refractivity contribution < 1.29 is 14.6 Å². The van der Waals surface area contributed by atoms with Crippen LogP contribution < -0.4 is 4.74 Å². The Hall–Kier alpha value is -1.51. The fourth-order valence-corrected chi connectivity index (χ4v) is 1.88. The zero-order chi connectivity index (χ0) is 13.4. The van der Waals surface area contributed by atoms with Gasteiger partial charge in [0.25, 0.3) is 0 Å². The van der Waals surface area contributed by atoms with E-state index in [-0.39, 0.29) is 6.42 Å². The first-order valence-electron chi connectivity index (χ1n) is 6.57. The number of hydrogen-bond donors (Lipinski definition) is 1. The number of unbranched alkanes of at least 4 members (excludes halogenated alkanes) is 1. The predicted molar refractivity (Wildman–Crippen MR) is 72.2 cm³/mol. The van der Waals surface area contributed by atoms with Crippen LogP contribution in [0.25, 0.3) is 0 Å². The van der Waals surface area contributed by atoms with Gasteiger partial charge in [0.2, 0.25) is 0 Å². The molecule has 0 bridgehead atoms. The summed E-state index contributed by atoms with van der Waals surface area (Å²) in [5.74, 6) is 0.167. The van der Waals surface area contributed by atoms with E-state index in [1.807, 2.05) is 13.0 Å². The van der Waals surface area contributed by atoms with Gasteiger partial charge in [-0.05, 0) is 43.4 Å². The molecule has 0 fully saturated rings. The van der Waals surface area contributed by atoms with E-state index in [0.717, 1.165) is 30.6 Å². The SMILES string of the molecule is CCCc1ccc(OCCCCC(=O)O)c(C)c1. The first-order valence-corrected chi connectivity index (χ1v) is 6.57. The normalized spacial score (nSPS) is 10.3. The molecule has 1 rings (SSSR count). The van der Waals surface area contributed by atoms with Gasteiger partial charge in [0, 0.05) is 6.42 Å². The highest BCUT2D eigenvalue weighted by Crippen LogP contribution is 2.20. The minimum atomic E-state index is -0.741. The van der Waals surface area contributed by atoms with Crippen molar-refractivity contribution >= 4 is 5.97 Å². The molecule has 0 spiro atoms. The molecule has 0 aliphatic rings. The van der Waals surface area contributed by atoms with Crippen molar-refractivity contribution in [3.63, 3.8) is 0 Å². The van der Waals surface area contributed by atoms with Crippen LogP contribution in [0.2, 0.25) is 0 Å². The van der Waals surface area contributed by atoms with E-state index in [4.69, 9.17) is 9.84 Å². The summed E-state index contributed by atoms with van der Waals surface area (Å²) in [5, 5.41) is 8.51. The third-order valence-electron chi connectivity index (χ3n) is 2.82. The lowest BCUT2D eigenvalue weighted by molar-refractivity contribution is -0.137. The number of carboxylic acid groups (broad SMARTS) is 1. The van der Waals surface area contributed by atoms with Crippen LogP contribution in [0.1, 0.15) is 43.7 Å². The van der Waals surface area contributed by atoms with Crippen LogP contribution in [0.5, 0.6) is 5.75 Å². The molecule has 1 aromatic carbocycles. The van der Waals surface area contributed by atoms with Gasteiger partial charge in [0.1, 0.15) is 5.75 Å².